The van der Waals surface area contributed by atoms with E-state index in [4.69, 9.17) is 19.7 Å². The number of pyridine rings is 1. The summed E-state index contributed by atoms with van der Waals surface area (Å²) in [6, 6.07) is 28.8. The molecule has 0 amide bonds. The van der Waals surface area contributed by atoms with Gasteiger partial charge in [-0.2, -0.15) is 0 Å². The topological polar surface area (TPSA) is 232 Å². The van der Waals surface area contributed by atoms with Crippen molar-refractivity contribution in [2.75, 3.05) is 39.2 Å². The first-order valence-corrected chi connectivity index (χ1v) is 27.5. The first-order chi connectivity index (χ1) is 33.2. The molecular weight excluding hydrogens is 965 g/mol. The van der Waals surface area contributed by atoms with Crippen molar-refractivity contribution in [3.8, 4) is 44.9 Å². The lowest BCUT2D eigenvalue weighted by Crippen LogP contribution is -2.37. The van der Waals surface area contributed by atoms with Crippen molar-refractivity contribution in [3.05, 3.63) is 154 Å². The van der Waals surface area contributed by atoms with Crippen LogP contribution in [0.2, 0.25) is 0 Å². The van der Waals surface area contributed by atoms with Crippen molar-refractivity contribution in [2.24, 2.45) is 0 Å². The number of nitrogens with zero attached hydrogens (tertiary/aromatic N) is 5. The molecular formula is C51H52N8O9S3. The van der Waals surface area contributed by atoms with Gasteiger partial charge in [-0.25, -0.2) is 35.0 Å². The molecule has 0 spiro atoms. The number of hydrogen-bond donors (Lipinski definition) is 3. The molecule has 0 unspecified atom stereocenters. The second kappa shape index (κ2) is 18.4. The summed E-state index contributed by atoms with van der Waals surface area (Å²) in [6.07, 6.45) is 6.64. The number of nitrogens with one attached hydrogen (secondary N) is 3. The maximum Gasteiger partial charge on any atom is 0.332 e. The van der Waals surface area contributed by atoms with Gasteiger partial charge in [0.1, 0.15) is 5.75 Å². The van der Waals surface area contributed by atoms with Gasteiger partial charge in [0.15, 0.2) is 5.88 Å². The van der Waals surface area contributed by atoms with Gasteiger partial charge < -0.3 is 4.74 Å². The van der Waals surface area contributed by atoms with E-state index < -0.39 is 52.6 Å². The van der Waals surface area contributed by atoms with Crippen molar-refractivity contribution >= 4 is 69.1 Å². The minimum Gasteiger partial charge on any atom is -0.496 e. The SMILES string of the molecule is COc1c(C(C)(C)C)cc(-n2ccc(=O)[nH]c2=O)c2ncc(-c3ccc(NS(=O)(=O)CN(c4ccc(-c5cnc6c(-c7ccc(NS(C)(=O)=O)cc7)cc(C(C)(C)C)cc6n5)cc4)S(C)(=O)=O)cc3)cc12. The van der Waals surface area contributed by atoms with Gasteiger partial charge in [-0.05, 0) is 88.2 Å². The molecule has 0 aliphatic rings. The largest absolute Gasteiger partial charge is 0.496 e. The average Bonchev–Trinajstić information content (AvgIpc) is 3.28. The molecule has 3 N–H and O–H groups in total. The summed E-state index contributed by atoms with van der Waals surface area (Å²) in [5.74, 6) is -0.366. The van der Waals surface area contributed by atoms with Gasteiger partial charge in [-0.3, -0.25) is 38.1 Å². The number of H-pyrrole nitrogens is 1. The molecule has 8 aromatic rings. The van der Waals surface area contributed by atoms with Crippen molar-refractivity contribution < 1.29 is 30.0 Å². The highest BCUT2D eigenvalue weighted by molar-refractivity contribution is 7.96. The molecule has 0 aliphatic carbocycles. The van der Waals surface area contributed by atoms with Crippen molar-refractivity contribution in [1.82, 2.24) is 24.5 Å². The van der Waals surface area contributed by atoms with Crippen LogP contribution < -0.4 is 29.7 Å². The summed E-state index contributed by atoms with van der Waals surface area (Å²) in [5, 5.41) is 0.602. The lowest BCUT2D eigenvalue weighted by Gasteiger charge is -2.25. The quantitative estimate of drug-likeness (QED) is 0.0993. The van der Waals surface area contributed by atoms with E-state index in [0.29, 0.717) is 61.4 Å². The van der Waals surface area contributed by atoms with Crippen molar-refractivity contribution in [2.45, 2.75) is 52.4 Å². The Hall–Kier alpha value is -7.42. The predicted molar refractivity (Wildman–Crippen MR) is 281 cm³/mol. The van der Waals surface area contributed by atoms with Gasteiger partial charge >= 0.3 is 5.69 Å². The van der Waals surface area contributed by atoms with Crippen LogP contribution in [0.1, 0.15) is 52.7 Å². The van der Waals surface area contributed by atoms with E-state index in [1.54, 1.807) is 68.0 Å². The Balaban J connectivity index is 1.04. The van der Waals surface area contributed by atoms with Crippen molar-refractivity contribution in [3.63, 3.8) is 0 Å². The molecule has 17 nitrogen and oxygen atoms in total. The highest BCUT2D eigenvalue weighted by atomic mass is 32.2. The second-order valence-electron chi connectivity index (χ2n) is 19.3. The first kappa shape index (κ1) is 50.0. The molecule has 368 valence electrons. The summed E-state index contributed by atoms with van der Waals surface area (Å²) >= 11 is 0. The zero-order chi connectivity index (χ0) is 51.4. The van der Waals surface area contributed by atoms with Gasteiger partial charge in [0, 0.05) is 57.5 Å². The Kier molecular flexibility index (Phi) is 13.0. The fraction of sp³-hybridized carbons (Fsp3) is 0.235. The number of aromatic nitrogens is 5. The molecule has 3 aromatic heterocycles. The van der Waals surface area contributed by atoms with E-state index in [0.717, 1.165) is 39.1 Å². The van der Waals surface area contributed by atoms with Gasteiger partial charge in [-0.15, -0.1) is 0 Å². The maximum atomic E-state index is 13.7. The van der Waals surface area contributed by atoms with Crippen molar-refractivity contribution in [1.29, 1.82) is 0 Å². The number of aromatic amines is 1. The van der Waals surface area contributed by atoms with E-state index in [1.165, 1.54) is 29.0 Å². The van der Waals surface area contributed by atoms with Crippen LogP contribution in [0.25, 0.3) is 61.1 Å². The summed E-state index contributed by atoms with van der Waals surface area (Å²) in [7, 11) is -10.3. The Bertz CT molecular complexity index is 3850. The van der Waals surface area contributed by atoms with Crippen LogP contribution >= 0.6 is 0 Å². The predicted octanol–water partition coefficient (Wildman–Crippen LogP) is 8.16. The standard InChI is InChI=1S/C51H52N8O9S3/c1-50(2,3)35-25-39(32-12-18-36(19-13-32)56-69(8,62)63)46-42(26-35)54-43(29-53-46)33-14-20-38(21-15-33)59(70(9,64)65)30-71(66,67)57-37-16-10-31(11-17-37)34-24-40-47(52-28-34)44(58-23-22-45(60)55-49(58)61)27-41(48(40)68-7)51(4,5)6/h10-29,56-57H,30H2,1-9H3,(H,55,60,61). The van der Waals surface area contributed by atoms with Crippen LogP contribution in [0, 0.1) is 0 Å². The van der Waals surface area contributed by atoms with Crippen LogP contribution in [-0.2, 0) is 40.9 Å². The number of sulfonamides is 3. The van der Waals surface area contributed by atoms with Crippen LogP contribution in [0.4, 0.5) is 17.1 Å². The molecule has 20 heteroatoms. The van der Waals surface area contributed by atoms with Gasteiger partial charge in [0.05, 0.1) is 59.4 Å². The summed E-state index contributed by atoms with van der Waals surface area (Å²) in [5.41, 5.74) is 6.84. The molecule has 3 heterocycles. The highest BCUT2D eigenvalue weighted by Gasteiger charge is 2.27. The lowest BCUT2D eigenvalue weighted by molar-refractivity contribution is 0.402. The van der Waals surface area contributed by atoms with Crippen LogP contribution in [0.3, 0.4) is 0 Å². The van der Waals surface area contributed by atoms with Gasteiger partial charge in [0.25, 0.3) is 15.6 Å². The number of benzene rings is 5. The zero-order valence-corrected chi connectivity index (χ0v) is 42.8. The van der Waals surface area contributed by atoms with Crippen LogP contribution in [0.15, 0.2) is 131 Å². The number of anilines is 3. The number of fused-ring (bicyclic) bond motifs is 2. The van der Waals surface area contributed by atoms with Gasteiger partial charge in [0.2, 0.25) is 20.0 Å². The molecule has 0 bridgehead atoms. The third kappa shape index (κ3) is 11.0. The third-order valence-corrected chi connectivity index (χ3v) is 14.7. The summed E-state index contributed by atoms with van der Waals surface area (Å²) < 4.78 is 90.4. The van der Waals surface area contributed by atoms with Gasteiger partial charge in [-0.1, -0.05) is 77.9 Å². The van der Waals surface area contributed by atoms with E-state index in [-0.39, 0.29) is 16.8 Å². The summed E-state index contributed by atoms with van der Waals surface area (Å²) in [4.78, 5) is 41.6. The smallest absolute Gasteiger partial charge is 0.332 e. The Labute approximate surface area is 411 Å². The molecule has 0 atom stereocenters. The van der Waals surface area contributed by atoms with Crippen LogP contribution in [0.5, 0.6) is 5.75 Å². The minimum atomic E-state index is -4.31. The Morgan fingerprint density at radius 1 is 0.676 bits per heavy atom. The first-order valence-electron chi connectivity index (χ1n) is 22.1. The zero-order valence-electron chi connectivity index (χ0n) is 40.4. The Morgan fingerprint density at radius 3 is 1.86 bits per heavy atom. The molecule has 0 fully saturated rings. The molecule has 71 heavy (non-hydrogen) atoms. The van der Waals surface area contributed by atoms with Crippen LogP contribution in [-0.4, -0.2) is 75.3 Å². The maximum absolute atomic E-state index is 13.7. The van der Waals surface area contributed by atoms with E-state index >= 15 is 0 Å². The highest BCUT2D eigenvalue weighted by Crippen LogP contribution is 2.41. The lowest BCUT2D eigenvalue weighted by atomic mass is 9.84. The monoisotopic (exact) mass is 1020 g/mol. The van der Waals surface area contributed by atoms with E-state index in [2.05, 4.69) is 35.2 Å². The molecule has 8 rings (SSSR count). The molecule has 0 saturated carbocycles. The molecule has 0 aliphatic heterocycles. The second-order valence-corrected chi connectivity index (χ2v) is 24.6. The fourth-order valence-electron chi connectivity index (χ4n) is 8.09. The number of rotatable bonds is 13. The molecule has 5 aromatic carbocycles. The van der Waals surface area contributed by atoms with E-state index in [1.807, 2.05) is 57.2 Å². The van der Waals surface area contributed by atoms with E-state index in [9.17, 15) is 34.8 Å². The fourth-order valence-corrected chi connectivity index (χ4v) is 11.4. The average molecular weight is 1020 g/mol. The molecule has 0 radical (unpaired) electrons. The Morgan fingerprint density at radius 2 is 1.28 bits per heavy atom. The summed E-state index contributed by atoms with van der Waals surface area (Å²) in [6.45, 7) is 12.3. The normalized spacial score (nSPS) is 12.5. The number of hydrogen-bond acceptors (Lipinski definition) is 12. The number of ether oxygens (including phenoxy) is 1. The molecule has 0 saturated heterocycles. The third-order valence-electron chi connectivity index (χ3n) is 11.6. The number of methoxy groups -OCH3 is 1. The minimum absolute atomic E-state index is 0.110.